The zero-order valence-corrected chi connectivity index (χ0v) is 12.9. The zero-order valence-electron chi connectivity index (χ0n) is 12.9. The SMILES string of the molecule is CNc1ccc2c(c1)/C(=C/c1ccccc1O)c1ccccc1-2. The lowest BCUT2D eigenvalue weighted by Gasteiger charge is -2.07. The van der Waals surface area contributed by atoms with E-state index >= 15 is 0 Å². The number of hydrogen-bond donors (Lipinski definition) is 2. The Labute approximate surface area is 135 Å². The summed E-state index contributed by atoms with van der Waals surface area (Å²) in [5, 5.41) is 13.3. The Hall–Kier alpha value is -3.00. The summed E-state index contributed by atoms with van der Waals surface area (Å²) < 4.78 is 0. The van der Waals surface area contributed by atoms with Gasteiger partial charge in [0.1, 0.15) is 5.75 Å². The molecule has 1 aliphatic rings. The van der Waals surface area contributed by atoms with Crippen molar-refractivity contribution in [1.82, 2.24) is 0 Å². The van der Waals surface area contributed by atoms with Crippen LogP contribution in [-0.4, -0.2) is 12.2 Å². The Kier molecular flexibility index (Phi) is 3.16. The predicted octanol–water partition coefficient (Wildman–Crippen LogP) is 5.00. The average Bonchev–Trinajstić information content (AvgIpc) is 2.90. The van der Waals surface area contributed by atoms with Gasteiger partial charge in [0, 0.05) is 18.3 Å². The van der Waals surface area contributed by atoms with Crippen LogP contribution in [0, 0.1) is 0 Å². The highest BCUT2D eigenvalue weighted by Crippen LogP contribution is 2.46. The molecule has 112 valence electrons. The van der Waals surface area contributed by atoms with Crippen molar-refractivity contribution in [2.75, 3.05) is 12.4 Å². The molecule has 2 N–H and O–H groups in total. The molecule has 23 heavy (non-hydrogen) atoms. The van der Waals surface area contributed by atoms with Gasteiger partial charge in [0.15, 0.2) is 0 Å². The largest absolute Gasteiger partial charge is 0.507 e. The number of nitrogens with one attached hydrogen (secondary N) is 1. The molecule has 0 heterocycles. The molecule has 0 atom stereocenters. The maximum atomic E-state index is 10.1. The fourth-order valence-corrected chi connectivity index (χ4v) is 3.18. The molecule has 0 unspecified atom stereocenters. The summed E-state index contributed by atoms with van der Waals surface area (Å²) in [7, 11) is 1.93. The summed E-state index contributed by atoms with van der Waals surface area (Å²) in [6.45, 7) is 0. The molecule has 3 aromatic rings. The maximum absolute atomic E-state index is 10.1. The van der Waals surface area contributed by atoms with Crippen molar-refractivity contribution in [2.45, 2.75) is 0 Å². The van der Waals surface area contributed by atoms with Crippen LogP contribution in [0.15, 0.2) is 66.7 Å². The van der Waals surface area contributed by atoms with E-state index in [1.807, 2.05) is 25.2 Å². The fourth-order valence-electron chi connectivity index (χ4n) is 3.18. The van der Waals surface area contributed by atoms with Crippen molar-refractivity contribution in [3.8, 4) is 16.9 Å². The van der Waals surface area contributed by atoms with Gasteiger partial charge in [-0.3, -0.25) is 0 Å². The molecule has 0 bridgehead atoms. The zero-order chi connectivity index (χ0) is 15.8. The summed E-state index contributed by atoms with van der Waals surface area (Å²) in [5.74, 6) is 0.302. The molecule has 2 heteroatoms. The Balaban J connectivity index is 1.98. The summed E-state index contributed by atoms with van der Waals surface area (Å²) in [6.07, 6.45) is 2.07. The first-order chi connectivity index (χ1) is 11.3. The van der Waals surface area contributed by atoms with E-state index in [1.165, 1.54) is 22.3 Å². The minimum absolute atomic E-state index is 0.302. The van der Waals surface area contributed by atoms with Gasteiger partial charge in [-0.1, -0.05) is 48.5 Å². The monoisotopic (exact) mass is 299 g/mol. The number of para-hydroxylation sites is 1. The van der Waals surface area contributed by atoms with Gasteiger partial charge in [-0.2, -0.15) is 0 Å². The highest BCUT2D eigenvalue weighted by atomic mass is 16.3. The van der Waals surface area contributed by atoms with E-state index in [0.29, 0.717) is 5.75 Å². The number of fused-ring (bicyclic) bond motifs is 3. The minimum Gasteiger partial charge on any atom is -0.507 e. The second-order valence-electron chi connectivity index (χ2n) is 5.67. The van der Waals surface area contributed by atoms with Crippen LogP contribution in [0.2, 0.25) is 0 Å². The van der Waals surface area contributed by atoms with Gasteiger partial charge < -0.3 is 10.4 Å². The lowest BCUT2D eigenvalue weighted by atomic mass is 10.0. The smallest absolute Gasteiger partial charge is 0.122 e. The summed E-state index contributed by atoms with van der Waals surface area (Å²) >= 11 is 0. The summed E-state index contributed by atoms with van der Waals surface area (Å²) in [6, 6.07) is 22.3. The van der Waals surface area contributed by atoms with E-state index in [-0.39, 0.29) is 0 Å². The first-order valence-corrected chi connectivity index (χ1v) is 7.69. The van der Waals surface area contributed by atoms with Crippen molar-refractivity contribution in [1.29, 1.82) is 0 Å². The van der Waals surface area contributed by atoms with E-state index in [2.05, 4.69) is 53.9 Å². The summed E-state index contributed by atoms with van der Waals surface area (Å²) in [5.41, 5.74) is 7.95. The second kappa shape index (κ2) is 5.33. The molecule has 0 fully saturated rings. The first kappa shape index (κ1) is 13.6. The Morgan fingerprint density at radius 3 is 2.26 bits per heavy atom. The number of aromatic hydroxyl groups is 1. The van der Waals surface area contributed by atoms with Crippen LogP contribution in [-0.2, 0) is 0 Å². The number of rotatable bonds is 2. The molecular weight excluding hydrogens is 282 g/mol. The van der Waals surface area contributed by atoms with E-state index in [9.17, 15) is 5.11 Å². The normalized spacial score (nSPS) is 13.7. The molecule has 3 aromatic carbocycles. The molecule has 0 radical (unpaired) electrons. The van der Waals surface area contributed by atoms with Crippen molar-refractivity contribution < 1.29 is 5.11 Å². The Bertz CT molecular complexity index is 925. The maximum Gasteiger partial charge on any atom is 0.122 e. The average molecular weight is 299 g/mol. The third kappa shape index (κ3) is 2.20. The van der Waals surface area contributed by atoms with Gasteiger partial charge >= 0.3 is 0 Å². The number of benzene rings is 3. The predicted molar refractivity (Wildman–Crippen MR) is 96.5 cm³/mol. The molecule has 0 aromatic heterocycles. The molecule has 1 aliphatic carbocycles. The number of anilines is 1. The molecule has 0 amide bonds. The van der Waals surface area contributed by atoms with E-state index in [1.54, 1.807) is 6.07 Å². The van der Waals surface area contributed by atoms with Gasteiger partial charge in [0.2, 0.25) is 0 Å². The highest BCUT2D eigenvalue weighted by molar-refractivity contribution is 6.07. The van der Waals surface area contributed by atoms with Crippen LogP contribution >= 0.6 is 0 Å². The van der Waals surface area contributed by atoms with Crippen LogP contribution < -0.4 is 5.32 Å². The Morgan fingerprint density at radius 1 is 0.783 bits per heavy atom. The van der Waals surface area contributed by atoms with Gasteiger partial charge in [0.05, 0.1) is 0 Å². The quantitative estimate of drug-likeness (QED) is 0.545. The van der Waals surface area contributed by atoms with Crippen LogP contribution in [0.3, 0.4) is 0 Å². The highest BCUT2D eigenvalue weighted by Gasteiger charge is 2.23. The lowest BCUT2D eigenvalue weighted by molar-refractivity contribution is 0.474. The van der Waals surface area contributed by atoms with Crippen molar-refractivity contribution >= 4 is 17.3 Å². The fraction of sp³-hybridized carbons (Fsp3) is 0.0476. The van der Waals surface area contributed by atoms with Gasteiger partial charge in [0.25, 0.3) is 0 Å². The summed E-state index contributed by atoms with van der Waals surface area (Å²) in [4.78, 5) is 0. The first-order valence-electron chi connectivity index (χ1n) is 7.69. The molecular formula is C21H17NO. The molecule has 0 spiro atoms. The van der Waals surface area contributed by atoms with Crippen LogP contribution in [0.4, 0.5) is 5.69 Å². The van der Waals surface area contributed by atoms with Crippen molar-refractivity contribution in [3.05, 3.63) is 83.4 Å². The van der Waals surface area contributed by atoms with E-state index in [0.717, 1.165) is 16.8 Å². The molecule has 0 saturated carbocycles. The molecule has 4 rings (SSSR count). The lowest BCUT2D eigenvalue weighted by Crippen LogP contribution is -1.89. The van der Waals surface area contributed by atoms with E-state index < -0.39 is 0 Å². The molecule has 0 aliphatic heterocycles. The van der Waals surface area contributed by atoms with Crippen LogP contribution in [0.1, 0.15) is 16.7 Å². The molecule has 0 saturated heterocycles. The third-order valence-corrected chi connectivity index (χ3v) is 4.34. The van der Waals surface area contributed by atoms with Gasteiger partial charge in [-0.05, 0) is 52.1 Å². The van der Waals surface area contributed by atoms with E-state index in [4.69, 9.17) is 0 Å². The van der Waals surface area contributed by atoms with Crippen molar-refractivity contribution in [2.24, 2.45) is 0 Å². The number of phenolic OH excluding ortho intramolecular Hbond substituents is 1. The van der Waals surface area contributed by atoms with Crippen molar-refractivity contribution in [3.63, 3.8) is 0 Å². The minimum atomic E-state index is 0.302. The second-order valence-corrected chi connectivity index (χ2v) is 5.67. The Morgan fingerprint density at radius 2 is 1.48 bits per heavy atom. The van der Waals surface area contributed by atoms with Crippen LogP contribution in [0.25, 0.3) is 22.8 Å². The number of phenols is 1. The number of hydrogen-bond acceptors (Lipinski definition) is 2. The van der Waals surface area contributed by atoms with Crippen LogP contribution in [0.5, 0.6) is 5.75 Å². The topological polar surface area (TPSA) is 32.3 Å². The standard InChI is InChI=1S/C21H17NO/c1-22-15-10-11-18-16-7-3-4-8-17(16)19(20(18)13-15)12-14-6-2-5-9-21(14)23/h2-13,22-23H,1H3/b19-12+. The molecule has 2 nitrogen and oxygen atoms in total. The third-order valence-electron chi connectivity index (χ3n) is 4.34. The van der Waals surface area contributed by atoms with Gasteiger partial charge in [-0.15, -0.1) is 0 Å². The van der Waals surface area contributed by atoms with Gasteiger partial charge in [-0.25, -0.2) is 0 Å².